The SMILES string of the molecule is CCCOc1ccc(N2C(=O)NC(=O)/C(=C/c3cc(I)c(OCC(=O)Nc4ccccc4C)c(OC)c3)C2=O)cc1OC. The van der Waals surface area contributed by atoms with Crippen molar-refractivity contribution in [2.45, 2.75) is 20.3 Å². The molecule has 3 aromatic rings. The van der Waals surface area contributed by atoms with Gasteiger partial charge in [-0.2, -0.15) is 0 Å². The number of nitrogens with one attached hydrogen (secondary N) is 2. The third-order valence-corrected chi connectivity index (χ3v) is 7.10. The van der Waals surface area contributed by atoms with E-state index in [0.29, 0.717) is 38.7 Å². The maximum Gasteiger partial charge on any atom is 0.335 e. The Hall–Kier alpha value is -4.59. The summed E-state index contributed by atoms with van der Waals surface area (Å²) in [5.74, 6) is -0.624. The Bertz CT molecular complexity index is 1600. The Morgan fingerprint density at radius 2 is 1.72 bits per heavy atom. The van der Waals surface area contributed by atoms with E-state index in [2.05, 4.69) is 10.6 Å². The highest BCUT2D eigenvalue weighted by molar-refractivity contribution is 14.1. The van der Waals surface area contributed by atoms with E-state index in [1.165, 1.54) is 32.4 Å². The van der Waals surface area contributed by atoms with Crippen molar-refractivity contribution in [1.29, 1.82) is 0 Å². The number of barbiturate groups is 1. The van der Waals surface area contributed by atoms with Crippen molar-refractivity contribution in [1.82, 2.24) is 5.32 Å². The number of urea groups is 1. The van der Waals surface area contributed by atoms with Gasteiger partial charge < -0.3 is 24.3 Å². The van der Waals surface area contributed by atoms with Crippen LogP contribution < -0.4 is 34.5 Å². The third-order valence-electron chi connectivity index (χ3n) is 6.30. The van der Waals surface area contributed by atoms with Crippen molar-refractivity contribution in [3.05, 3.63) is 74.9 Å². The van der Waals surface area contributed by atoms with E-state index in [-0.39, 0.29) is 29.5 Å². The molecule has 12 heteroatoms. The molecule has 0 radical (unpaired) electrons. The number of aryl methyl sites for hydroxylation is 1. The van der Waals surface area contributed by atoms with Crippen LogP contribution in [-0.4, -0.2) is 51.2 Å². The highest BCUT2D eigenvalue weighted by atomic mass is 127. The van der Waals surface area contributed by atoms with Gasteiger partial charge in [0.2, 0.25) is 0 Å². The Morgan fingerprint density at radius 1 is 0.977 bits per heavy atom. The van der Waals surface area contributed by atoms with Crippen molar-refractivity contribution in [2.24, 2.45) is 0 Å². The summed E-state index contributed by atoms with van der Waals surface area (Å²) in [5.41, 5.74) is 1.96. The summed E-state index contributed by atoms with van der Waals surface area (Å²) < 4.78 is 22.9. The molecule has 0 unspecified atom stereocenters. The third kappa shape index (κ3) is 7.25. The minimum Gasteiger partial charge on any atom is -0.493 e. The average Bonchev–Trinajstić information content (AvgIpc) is 2.98. The maximum atomic E-state index is 13.5. The topological polar surface area (TPSA) is 132 Å². The van der Waals surface area contributed by atoms with Gasteiger partial charge in [-0.05, 0) is 83.5 Å². The van der Waals surface area contributed by atoms with E-state index in [0.717, 1.165) is 16.9 Å². The van der Waals surface area contributed by atoms with Crippen LogP contribution in [-0.2, 0) is 14.4 Å². The summed E-state index contributed by atoms with van der Waals surface area (Å²) in [6.07, 6.45) is 2.14. The van der Waals surface area contributed by atoms with Gasteiger partial charge in [0.15, 0.2) is 29.6 Å². The second kappa shape index (κ2) is 14.1. The van der Waals surface area contributed by atoms with Crippen LogP contribution in [0.2, 0.25) is 0 Å². The summed E-state index contributed by atoms with van der Waals surface area (Å²) in [5, 5.41) is 5.02. The fourth-order valence-electron chi connectivity index (χ4n) is 4.19. The van der Waals surface area contributed by atoms with Gasteiger partial charge in [-0.25, -0.2) is 9.69 Å². The first-order chi connectivity index (χ1) is 20.7. The molecule has 0 aliphatic carbocycles. The highest BCUT2D eigenvalue weighted by Crippen LogP contribution is 2.36. The van der Waals surface area contributed by atoms with E-state index in [1.54, 1.807) is 24.3 Å². The number of carbonyl (C=O) groups is 4. The van der Waals surface area contributed by atoms with Crippen LogP contribution in [0.4, 0.5) is 16.2 Å². The van der Waals surface area contributed by atoms with Gasteiger partial charge in [0.05, 0.1) is 30.1 Å². The van der Waals surface area contributed by atoms with Crippen LogP contribution in [0.25, 0.3) is 6.08 Å². The van der Waals surface area contributed by atoms with Crippen LogP contribution in [0.1, 0.15) is 24.5 Å². The zero-order valence-corrected chi connectivity index (χ0v) is 26.1. The number of hydrogen-bond acceptors (Lipinski definition) is 8. The largest absolute Gasteiger partial charge is 0.493 e. The molecule has 224 valence electrons. The van der Waals surface area contributed by atoms with Crippen molar-refractivity contribution in [3.8, 4) is 23.0 Å². The number of nitrogens with zero attached hydrogens (tertiary/aromatic N) is 1. The minimum atomic E-state index is -0.892. The van der Waals surface area contributed by atoms with Gasteiger partial charge in [-0.15, -0.1) is 0 Å². The first-order valence-electron chi connectivity index (χ1n) is 13.2. The molecule has 11 nitrogen and oxygen atoms in total. The molecular formula is C31H30IN3O8. The Labute approximate surface area is 262 Å². The molecule has 0 aromatic heterocycles. The number of anilines is 2. The lowest BCUT2D eigenvalue weighted by Crippen LogP contribution is -2.54. The number of carbonyl (C=O) groups excluding carboxylic acids is 4. The first kappa shape index (κ1) is 31.3. The van der Waals surface area contributed by atoms with Crippen LogP contribution in [0.5, 0.6) is 23.0 Å². The number of imide groups is 2. The van der Waals surface area contributed by atoms with Gasteiger partial charge in [0, 0.05) is 11.8 Å². The smallest absolute Gasteiger partial charge is 0.335 e. The molecule has 0 bridgehead atoms. The van der Waals surface area contributed by atoms with Gasteiger partial charge in [0.25, 0.3) is 17.7 Å². The average molecular weight is 699 g/mol. The van der Waals surface area contributed by atoms with Crippen LogP contribution >= 0.6 is 22.6 Å². The Balaban J connectivity index is 1.57. The normalized spacial score (nSPS) is 13.9. The number of para-hydroxylation sites is 1. The number of ether oxygens (including phenoxy) is 4. The molecule has 0 saturated carbocycles. The van der Waals surface area contributed by atoms with Crippen molar-refractivity contribution < 1.29 is 38.1 Å². The van der Waals surface area contributed by atoms with Crippen molar-refractivity contribution >= 4 is 63.8 Å². The molecule has 43 heavy (non-hydrogen) atoms. The molecule has 0 spiro atoms. The van der Waals surface area contributed by atoms with Gasteiger partial charge >= 0.3 is 6.03 Å². The van der Waals surface area contributed by atoms with E-state index in [9.17, 15) is 19.2 Å². The lowest BCUT2D eigenvalue weighted by Gasteiger charge is -2.27. The number of rotatable bonds is 11. The van der Waals surface area contributed by atoms with Gasteiger partial charge in [-0.3, -0.25) is 19.7 Å². The maximum absolute atomic E-state index is 13.5. The zero-order chi connectivity index (χ0) is 31.1. The predicted molar refractivity (Wildman–Crippen MR) is 169 cm³/mol. The summed E-state index contributed by atoms with van der Waals surface area (Å²) in [7, 11) is 2.88. The summed E-state index contributed by atoms with van der Waals surface area (Å²) in [6, 6.07) is 14.3. The molecule has 2 N–H and O–H groups in total. The fourth-order valence-corrected chi connectivity index (χ4v) is 4.97. The fraction of sp³-hybridized carbons (Fsp3) is 0.226. The van der Waals surface area contributed by atoms with E-state index < -0.39 is 17.8 Å². The summed E-state index contributed by atoms with van der Waals surface area (Å²) in [6.45, 7) is 4.04. The molecule has 1 heterocycles. The van der Waals surface area contributed by atoms with E-state index in [4.69, 9.17) is 18.9 Å². The van der Waals surface area contributed by atoms with Gasteiger partial charge in [0.1, 0.15) is 5.57 Å². The lowest BCUT2D eigenvalue weighted by molar-refractivity contribution is -0.122. The number of methoxy groups -OCH3 is 2. The second-order valence-electron chi connectivity index (χ2n) is 9.33. The highest BCUT2D eigenvalue weighted by Gasteiger charge is 2.37. The molecule has 3 aromatic carbocycles. The first-order valence-corrected chi connectivity index (χ1v) is 14.3. The van der Waals surface area contributed by atoms with Crippen LogP contribution in [0.15, 0.2) is 60.2 Å². The second-order valence-corrected chi connectivity index (χ2v) is 10.5. The Kier molecular flexibility index (Phi) is 10.2. The monoisotopic (exact) mass is 699 g/mol. The molecule has 0 atom stereocenters. The molecule has 1 saturated heterocycles. The summed E-state index contributed by atoms with van der Waals surface area (Å²) in [4.78, 5) is 52.3. The number of amides is 5. The Morgan fingerprint density at radius 3 is 2.42 bits per heavy atom. The van der Waals surface area contributed by atoms with Crippen molar-refractivity contribution in [3.63, 3.8) is 0 Å². The molecule has 1 aliphatic rings. The zero-order valence-electron chi connectivity index (χ0n) is 24.0. The van der Waals surface area contributed by atoms with Gasteiger partial charge in [-0.1, -0.05) is 25.1 Å². The van der Waals surface area contributed by atoms with Crippen molar-refractivity contribution in [2.75, 3.05) is 37.7 Å². The van der Waals surface area contributed by atoms with E-state index in [1.807, 2.05) is 54.6 Å². The standard InChI is InChI=1S/C31H30IN3O8/c1-5-12-42-24-11-10-20(16-25(24)40-3)35-30(38)21(29(37)34-31(35)39)13-19-14-22(32)28(26(15-19)41-4)43-17-27(36)33-23-9-7-6-8-18(23)2/h6-11,13-16H,5,12,17H2,1-4H3,(H,33,36)(H,34,37,39)/b21-13-. The molecule has 4 rings (SSSR count). The number of hydrogen-bond donors (Lipinski definition) is 2. The lowest BCUT2D eigenvalue weighted by atomic mass is 10.1. The minimum absolute atomic E-state index is 0.196. The molecule has 1 fully saturated rings. The molecular weight excluding hydrogens is 669 g/mol. The molecule has 1 aliphatic heterocycles. The predicted octanol–water partition coefficient (Wildman–Crippen LogP) is 5.09. The summed E-state index contributed by atoms with van der Waals surface area (Å²) >= 11 is 2.01. The molecule has 5 amide bonds. The van der Waals surface area contributed by atoms with Crippen LogP contribution in [0, 0.1) is 10.5 Å². The number of benzene rings is 3. The quantitative estimate of drug-likeness (QED) is 0.161. The number of halogens is 1. The van der Waals surface area contributed by atoms with Crippen LogP contribution in [0.3, 0.4) is 0 Å². The van der Waals surface area contributed by atoms with E-state index >= 15 is 0 Å².